The Labute approximate surface area is 115 Å². The molecule has 0 atom stereocenters. The fourth-order valence-electron chi connectivity index (χ4n) is 2.23. The molecule has 1 saturated heterocycles. The number of ether oxygens (including phenoxy) is 1. The number of rotatable bonds is 4. The summed E-state index contributed by atoms with van der Waals surface area (Å²) in [7, 11) is 0. The van der Waals surface area contributed by atoms with Crippen molar-refractivity contribution in [3.05, 3.63) is 59.9 Å². The van der Waals surface area contributed by atoms with Gasteiger partial charge in [-0.2, -0.15) is 0 Å². The Bertz CT molecular complexity index is 586. The maximum absolute atomic E-state index is 13.4. The van der Waals surface area contributed by atoms with Crippen molar-refractivity contribution in [2.75, 3.05) is 13.1 Å². The molecule has 0 unspecified atom stereocenters. The lowest BCUT2D eigenvalue weighted by Crippen LogP contribution is -2.53. The Morgan fingerprint density at radius 3 is 2.80 bits per heavy atom. The van der Waals surface area contributed by atoms with Gasteiger partial charge in [0.1, 0.15) is 11.9 Å². The minimum absolute atomic E-state index is 0.0494. The van der Waals surface area contributed by atoms with Crippen LogP contribution in [-0.4, -0.2) is 29.1 Å². The number of nitrogens with zero attached hydrogens (tertiary/aromatic N) is 2. The van der Waals surface area contributed by atoms with E-state index in [-0.39, 0.29) is 11.9 Å². The van der Waals surface area contributed by atoms with E-state index in [0.717, 1.165) is 31.3 Å². The van der Waals surface area contributed by atoms with Crippen LogP contribution >= 0.6 is 0 Å². The molecule has 1 fully saturated rings. The van der Waals surface area contributed by atoms with Gasteiger partial charge in [0.15, 0.2) is 11.6 Å². The summed E-state index contributed by atoms with van der Waals surface area (Å²) in [5.74, 6) is -1.14. The Kier molecular flexibility index (Phi) is 3.60. The first kappa shape index (κ1) is 13.0. The predicted octanol–water partition coefficient (Wildman–Crippen LogP) is 2.62. The van der Waals surface area contributed by atoms with Gasteiger partial charge in [0, 0.05) is 38.1 Å². The van der Waals surface area contributed by atoms with E-state index in [2.05, 4.69) is 9.88 Å². The van der Waals surface area contributed by atoms with Crippen molar-refractivity contribution in [3.63, 3.8) is 0 Å². The lowest BCUT2D eigenvalue weighted by molar-refractivity contribution is 0.0122. The van der Waals surface area contributed by atoms with Crippen molar-refractivity contribution in [2.45, 2.75) is 12.6 Å². The molecule has 1 aromatic carbocycles. The Morgan fingerprint density at radius 2 is 2.10 bits per heavy atom. The zero-order valence-electron chi connectivity index (χ0n) is 10.8. The van der Waals surface area contributed by atoms with Crippen LogP contribution in [-0.2, 0) is 6.54 Å². The van der Waals surface area contributed by atoms with Gasteiger partial charge in [-0.3, -0.25) is 9.88 Å². The number of likely N-dealkylation sites (tertiary alicyclic amines) is 1. The Morgan fingerprint density at radius 1 is 1.25 bits per heavy atom. The molecule has 0 aliphatic carbocycles. The summed E-state index contributed by atoms with van der Waals surface area (Å²) in [5.41, 5.74) is 1.14. The van der Waals surface area contributed by atoms with Gasteiger partial charge in [-0.25, -0.2) is 8.78 Å². The molecule has 0 spiro atoms. The third-order valence-electron chi connectivity index (χ3n) is 3.24. The number of hydrogen-bond acceptors (Lipinski definition) is 3. The second kappa shape index (κ2) is 5.54. The third kappa shape index (κ3) is 2.93. The number of aromatic nitrogens is 1. The van der Waals surface area contributed by atoms with Crippen LogP contribution in [0, 0.1) is 11.6 Å². The highest BCUT2D eigenvalue weighted by Crippen LogP contribution is 2.23. The number of pyridine rings is 1. The molecule has 3 nitrogen and oxygen atoms in total. The smallest absolute Gasteiger partial charge is 0.167 e. The van der Waals surface area contributed by atoms with Crippen LogP contribution in [0.2, 0.25) is 0 Å². The first-order valence-corrected chi connectivity index (χ1v) is 6.43. The normalized spacial score (nSPS) is 15.9. The fourth-order valence-corrected chi connectivity index (χ4v) is 2.23. The van der Waals surface area contributed by atoms with Crippen LogP contribution in [0.4, 0.5) is 8.78 Å². The van der Waals surface area contributed by atoms with Crippen LogP contribution in [0.5, 0.6) is 5.75 Å². The van der Waals surface area contributed by atoms with Crippen LogP contribution in [0.3, 0.4) is 0 Å². The second-order valence-corrected chi connectivity index (χ2v) is 4.87. The van der Waals surface area contributed by atoms with Gasteiger partial charge in [-0.05, 0) is 23.8 Å². The molecule has 0 bridgehead atoms. The first-order valence-electron chi connectivity index (χ1n) is 6.43. The number of benzene rings is 1. The molecule has 1 aliphatic heterocycles. The summed E-state index contributed by atoms with van der Waals surface area (Å²) in [5, 5.41) is 0. The molecule has 0 radical (unpaired) electrons. The van der Waals surface area contributed by atoms with Gasteiger partial charge in [0.25, 0.3) is 0 Å². The van der Waals surface area contributed by atoms with E-state index in [9.17, 15) is 8.78 Å². The average Bonchev–Trinajstić information content (AvgIpc) is 2.40. The van der Waals surface area contributed by atoms with Crippen molar-refractivity contribution in [3.8, 4) is 5.75 Å². The maximum atomic E-state index is 13.4. The van der Waals surface area contributed by atoms with Crippen molar-refractivity contribution < 1.29 is 13.5 Å². The van der Waals surface area contributed by atoms with E-state index in [4.69, 9.17) is 4.74 Å². The molecule has 0 amide bonds. The molecule has 0 N–H and O–H groups in total. The summed E-state index contributed by atoms with van der Waals surface area (Å²) < 4.78 is 31.7. The highest BCUT2D eigenvalue weighted by atomic mass is 19.1. The SMILES string of the molecule is Fc1ccc(OC2CN(Cc3cccnc3)C2)c(F)c1. The van der Waals surface area contributed by atoms with Crippen molar-refractivity contribution in [1.82, 2.24) is 9.88 Å². The van der Waals surface area contributed by atoms with Crippen molar-refractivity contribution in [1.29, 1.82) is 0 Å². The molecule has 20 heavy (non-hydrogen) atoms. The van der Waals surface area contributed by atoms with E-state index in [1.165, 1.54) is 12.1 Å². The highest BCUT2D eigenvalue weighted by molar-refractivity contribution is 5.25. The summed E-state index contributed by atoms with van der Waals surface area (Å²) in [4.78, 5) is 6.24. The molecule has 2 heterocycles. The minimum atomic E-state index is -0.657. The standard InChI is InChI=1S/C15H14F2N2O/c16-12-3-4-15(14(17)6-12)20-13-9-19(10-13)8-11-2-1-5-18-7-11/h1-7,13H,8-10H2. The molecule has 2 aromatic rings. The minimum Gasteiger partial charge on any atom is -0.485 e. The monoisotopic (exact) mass is 276 g/mol. The fraction of sp³-hybridized carbons (Fsp3) is 0.267. The van der Waals surface area contributed by atoms with Crippen LogP contribution in [0.15, 0.2) is 42.7 Å². The molecule has 3 rings (SSSR count). The highest BCUT2D eigenvalue weighted by Gasteiger charge is 2.29. The molecular weight excluding hydrogens is 262 g/mol. The molecule has 1 aliphatic rings. The van der Waals surface area contributed by atoms with E-state index in [0.29, 0.717) is 0 Å². The predicted molar refractivity (Wildman–Crippen MR) is 70.3 cm³/mol. The lowest BCUT2D eigenvalue weighted by Gasteiger charge is -2.38. The quantitative estimate of drug-likeness (QED) is 0.858. The Hall–Kier alpha value is -2.01. The molecule has 1 aromatic heterocycles. The molecule has 5 heteroatoms. The van der Waals surface area contributed by atoms with Gasteiger partial charge in [-0.1, -0.05) is 6.07 Å². The van der Waals surface area contributed by atoms with Crippen LogP contribution in [0.1, 0.15) is 5.56 Å². The zero-order chi connectivity index (χ0) is 13.9. The largest absolute Gasteiger partial charge is 0.485 e. The van der Waals surface area contributed by atoms with Crippen LogP contribution in [0.25, 0.3) is 0 Å². The summed E-state index contributed by atoms with van der Waals surface area (Å²) in [6, 6.07) is 7.28. The van der Waals surface area contributed by atoms with Crippen molar-refractivity contribution >= 4 is 0 Å². The number of hydrogen-bond donors (Lipinski definition) is 0. The molecule has 0 saturated carbocycles. The van der Waals surface area contributed by atoms with Gasteiger partial charge >= 0.3 is 0 Å². The molecule has 104 valence electrons. The molecular formula is C15H14F2N2O. The van der Waals surface area contributed by atoms with E-state index in [1.54, 1.807) is 6.20 Å². The van der Waals surface area contributed by atoms with E-state index >= 15 is 0 Å². The van der Waals surface area contributed by atoms with E-state index < -0.39 is 11.6 Å². The average molecular weight is 276 g/mol. The van der Waals surface area contributed by atoms with Gasteiger partial charge < -0.3 is 4.74 Å². The van der Waals surface area contributed by atoms with Gasteiger partial charge in [-0.15, -0.1) is 0 Å². The van der Waals surface area contributed by atoms with Crippen LogP contribution < -0.4 is 4.74 Å². The second-order valence-electron chi connectivity index (χ2n) is 4.87. The summed E-state index contributed by atoms with van der Waals surface area (Å²) >= 11 is 0. The van der Waals surface area contributed by atoms with E-state index in [1.807, 2.05) is 18.3 Å². The zero-order valence-corrected chi connectivity index (χ0v) is 10.8. The number of halogens is 2. The Balaban J connectivity index is 1.51. The summed E-state index contributed by atoms with van der Waals surface area (Å²) in [6.07, 6.45) is 3.52. The first-order chi connectivity index (χ1) is 9.70. The third-order valence-corrected chi connectivity index (χ3v) is 3.24. The maximum Gasteiger partial charge on any atom is 0.167 e. The topological polar surface area (TPSA) is 25.4 Å². The van der Waals surface area contributed by atoms with Gasteiger partial charge in [0.05, 0.1) is 0 Å². The van der Waals surface area contributed by atoms with Crippen molar-refractivity contribution in [2.24, 2.45) is 0 Å². The summed E-state index contributed by atoms with van der Waals surface area (Å²) in [6.45, 7) is 2.26. The van der Waals surface area contributed by atoms with Gasteiger partial charge in [0.2, 0.25) is 0 Å². The lowest BCUT2D eigenvalue weighted by atomic mass is 10.1.